The van der Waals surface area contributed by atoms with Gasteiger partial charge in [0.1, 0.15) is 5.01 Å². The summed E-state index contributed by atoms with van der Waals surface area (Å²) in [5.74, 6) is 0. The Morgan fingerprint density at radius 1 is 1.25 bits per heavy atom. The van der Waals surface area contributed by atoms with Crippen LogP contribution in [0.4, 0.5) is 4.79 Å². The molecule has 5 nitrogen and oxygen atoms in total. The normalized spacial score (nSPS) is 29.8. The van der Waals surface area contributed by atoms with Gasteiger partial charge in [0.25, 0.3) is 0 Å². The van der Waals surface area contributed by atoms with Crippen LogP contribution in [0.1, 0.15) is 62.4 Å². The Kier molecular flexibility index (Phi) is 4.77. The van der Waals surface area contributed by atoms with E-state index in [1.807, 2.05) is 16.5 Å². The minimum atomic E-state index is 0.118. The molecule has 2 unspecified atom stereocenters. The molecule has 6 heteroatoms. The quantitative estimate of drug-likeness (QED) is 0.885. The van der Waals surface area contributed by atoms with Gasteiger partial charge in [-0.25, -0.2) is 9.78 Å². The second-order valence-corrected chi connectivity index (χ2v) is 8.37. The first-order valence-electron chi connectivity index (χ1n) is 9.33. The van der Waals surface area contributed by atoms with Crippen LogP contribution in [0.25, 0.3) is 0 Å². The maximum Gasteiger partial charge on any atom is 0.318 e. The molecule has 0 radical (unpaired) electrons. The first kappa shape index (κ1) is 16.3. The summed E-state index contributed by atoms with van der Waals surface area (Å²) < 4.78 is 5.56. The summed E-state index contributed by atoms with van der Waals surface area (Å²) in [5.41, 5.74) is 0.278. The molecule has 2 atom stereocenters. The molecule has 2 amide bonds. The SMILES string of the molecule is O=C(NC1CCCC12CCOCC2)N1CCCCC1c1nccs1. The molecular weight excluding hydrogens is 322 g/mol. The van der Waals surface area contributed by atoms with Crippen LogP contribution in [0.3, 0.4) is 0 Å². The van der Waals surface area contributed by atoms with Gasteiger partial charge in [-0.2, -0.15) is 0 Å². The first-order chi connectivity index (χ1) is 11.8. The largest absolute Gasteiger partial charge is 0.381 e. The standard InChI is InChI=1S/C18H27N3O2S/c22-17(20-15-5-3-6-18(15)7-11-23-12-8-18)21-10-2-1-4-14(21)16-19-9-13-24-16/h9,13-15H,1-8,10-12H2,(H,20,22). The number of nitrogens with one attached hydrogen (secondary N) is 1. The van der Waals surface area contributed by atoms with Crippen molar-refractivity contribution in [3.8, 4) is 0 Å². The van der Waals surface area contributed by atoms with Crippen LogP contribution in [0.2, 0.25) is 0 Å². The number of nitrogens with zero attached hydrogens (tertiary/aromatic N) is 2. The van der Waals surface area contributed by atoms with Crippen molar-refractivity contribution in [3.05, 3.63) is 16.6 Å². The van der Waals surface area contributed by atoms with Gasteiger partial charge in [0, 0.05) is 37.4 Å². The van der Waals surface area contributed by atoms with Gasteiger partial charge >= 0.3 is 6.03 Å². The molecule has 4 rings (SSSR count). The average Bonchev–Trinajstić information content (AvgIpc) is 3.27. The van der Waals surface area contributed by atoms with Gasteiger partial charge < -0.3 is 15.0 Å². The van der Waals surface area contributed by atoms with Crippen molar-refractivity contribution in [3.63, 3.8) is 0 Å². The van der Waals surface area contributed by atoms with Crippen LogP contribution in [-0.2, 0) is 4.74 Å². The molecule has 0 aromatic carbocycles. The number of urea groups is 1. The molecule has 3 fully saturated rings. The van der Waals surface area contributed by atoms with Crippen LogP contribution in [0.5, 0.6) is 0 Å². The fourth-order valence-electron chi connectivity index (χ4n) is 4.80. The Morgan fingerprint density at radius 3 is 2.92 bits per heavy atom. The number of ether oxygens (including phenoxy) is 1. The Balaban J connectivity index is 1.46. The molecule has 132 valence electrons. The lowest BCUT2D eigenvalue weighted by Gasteiger charge is -2.41. The zero-order chi connectivity index (χ0) is 16.4. The smallest absolute Gasteiger partial charge is 0.318 e. The molecule has 1 spiro atoms. The monoisotopic (exact) mass is 349 g/mol. The third-order valence-electron chi connectivity index (χ3n) is 6.19. The summed E-state index contributed by atoms with van der Waals surface area (Å²) in [6.45, 7) is 2.54. The minimum absolute atomic E-state index is 0.118. The molecule has 24 heavy (non-hydrogen) atoms. The number of likely N-dealkylation sites (tertiary alicyclic amines) is 1. The van der Waals surface area contributed by atoms with E-state index in [0.717, 1.165) is 56.9 Å². The highest BCUT2D eigenvalue weighted by molar-refractivity contribution is 7.09. The van der Waals surface area contributed by atoms with Gasteiger partial charge in [0.15, 0.2) is 0 Å². The van der Waals surface area contributed by atoms with Crippen LogP contribution in [-0.4, -0.2) is 41.7 Å². The molecule has 2 saturated heterocycles. The third kappa shape index (κ3) is 3.06. The number of amides is 2. The fraction of sp³-hybridized carbons (Fsp3) is 0.778. The van der Waals surface area contributed by atoms with E-state index in [-0.39, 0.29) is 17.5 Å². The molecule has 1 aromatic rings. The number of hydrogen-bond acceptors (Lipinski definition) is 4. The highest BCUT2D eigenvalue weighted by Gasteiger charge is 2.45. The molecule has 1 N–H and O–H groups in total. The fourth-order valence-corrected chi connectivity index (χ4v) is 5.59. The van der Waals surface area contributed by atoms with Gasteiger partial charge in [-0.1, -0.05) is 6.42 Å². The van der Waals surface area contributed by atoms with Crippen molar-refractivity contribution in [1.29, 1.82) is 0 Å². The van der Waals surface area contributed by atoms with E-state index >= 15 is 0 Å². The summed E-state index contributed by atoms with van der Waals surface area (Å²) in [7, 11) is 0. The maximum atomic E-state index is 13.0. The van der Waals surface area contributed by atoms with Crippen LogP contribution in [0.15, 0.2) is 11.6 Å². The number of carbonyl (C=O) groups is 1. The topological polar surface area (TPSA) is 54.5 Å². The average molecular weight is 349 g/mol. The summed E-state index contributed by atoms with van der Waals surface area (Å²) in [5, 5.41) is 6.50. The molecule has 1 aliphatic carbocycles. The van der Waals surface area contributed by atoms with E-state index < -0.39 is 0 Å². The highest BCUT2D eigenvalue weighted by Crippen LogP contribution is 2.46. The number of piperidine rings is 1. The van der Waals surface area contributed by atoms with E-state index in [4.69, 9.17) is 4.74 Å². The number of rotatable bonds is 2. The number of carbonyl (C=O) groups excluding carboxylic acids is 1. The molecule has 3 aliphatic rings. The lowest BCUT2D eigenvalue weighted by Crippen LogP contribution is -2.52. The Labute approximate surface area is 147 Å². The predicted octanol–water partition coefficient (Wildman–Crippen LogP) is 3.73. The number of hydrogen-bond donors (Lipinski definition) is 1. The summed E-state index contributed by atoms with van der Waals surface area (Å²) in [6.07, 6.45) is 10.9. The van der Waals surface area contributed by atoms with Gasteiger partial charge in [0.05, 0.1) is 6.04 Å². The highest BCUT2D eigenvalue weighted by atomic mass is 32.1. The van der Waals surface area contributed by atoms with E-state index in [0.29, 0.717) is 6.04 Å². The number of thiazole rings is 1. The molecule has 2 aliphatic heterocycles. The minimum Gasteiger partial charge on any atom is -0.381 e. The molecule has 0 bridgehead atoms. The maximum absolute atomic E-state index is 13.0. The lowest BCUT2D eigenvalue weighted by atomic mass is 9.75. The summed E-state index contributed by atoms with van der Waals surface area (Å²) in [4.78, 5) is 19.5. The zero-order valence-electron chi connectivity index (χ0n) is 14.2. The Morgan fingerprint density at radius 2 is 2.12 bits per heavy atom. The third-order valence-corrected chi connectivity index (χ3v) is 7.07. The van der Waals surface area contributed by atoms with Gasteiger partial charge in [-0.05, 0) is 50.4 Å². The van der Waals surface area contributed by atoms with Crippen LogP contribution < -0.4 is 5.32 Å². The Bertz CT molecular complexity index is 557. The van der Waals surface area contributed by atoms with E-state index in [2.05, 4.69) is 10.3 Å². The molecular formula is C18H27N3O2S. The van der Waals surface area contributed by atoms with Crippen molar-refractivity contribution < 1.29 is 9.53 Å². The molecule has 3 heterocycles. The van der Waals surface area contributed by atoms with Crippen molar-refractivity contribution in [2.75, 3.05) is 19.8 Å². The Hall–Kier alpha value is -1.14. The zero-order valence-corrected chi connectivity index (χ0v) is 15.0. The molecule has 1 saturated carbocycles. The van der Waals surface area contributed by atoms with Crippen molar-refractivity contribution in [2.45, 2.75) is 63.5 Å². The summed E-state index contributed by atoms with van der Waals surface area (Å²) >= 11 is 1.67. The summed E-state index contributed by atoms with van der Waals surface area (Å²) in [6, 6.07) is 0.589. The van der Waals surface area contributed by atoms with E-state index in [1.165, 1.54) is 19.3 Å². The number of aromatic nitrogens is 1. The van der Waals surface area contributed by atoms with Crippen molar-refractivity contribution in [1.82, 2.24) is 15.2 Å². The molecule has 1 aromatic heterocycles. The van der Waals surface area contributed by atoms with E-state index in [9.17, 15) is 4.79 Å². The second-order valence-electron chi connectivity index (χ2n) is 7.44. The van der Waals surface area contributed by atoms with Gasteiger partial charge in [0.2, 0.25) is 0 Å². The first-order valence-corrected chi connectivity index (χ1v) is 10.2. The predicted molar refractivity (Wildman–Crippen MR) is 94.1 cm³/mol. The lowest BCUT2D eigenvalue weighted by molar-refractivity contribution is 0.00486. The second kappa shape index (κ2) is 7.00. The van der Waals surface area contributed by atoms with Crippen LogP contribution in [0, 0.1) is 5.41 Å². The van der Waals surface area contributed by atoms with Gasteiger partial charge in [-0.3, -0.25) is 0 Å². The van der Waals surface area contributed by atoms with Crippen LogP contribution >= 0.6 is 11.3 Å². The van der Waals surface area contributed by atoms with Crippen molar-refractivity contribution >= 4 is 17.4 Å². The van der Waals surface area contributed by atoms with Crippen molar-refractivity contribution in [2.24, 2.45) is 5.41 Å². The van der Waals surface area contributed by atoms with Gasteiger partial charge in [-0.15, -0.1) is 11.3 Å². The van der Waals surface area contributed by atoms with E-state index in [1.54, 1.807) is 11.3 Å².